The van der Waals surface area contributed by atoms with E-state index in [9.17, 15) is 9.59 Å². The highest BCUT2D eigenvalue weighted by atomic mass is 32.2. The largest absolute Gasteiger partial charge is 0.290 e. The lowest BCUT2D eigenvalue weighted by Gasteiger charge is -1.99. The zero-order valence-electron chi connectivity index (χ0n) is 9.47. The van der Waals surface area contributed by atoms with E-state index in [4.69, 9.17) is 5.84 Å². The van der Waals surface area contributed by atoms with Gasteiger partial charge in [0.25, 0.3) is 5.91 Å². The van der Waals surface area contributed by atoms with Crippen LogP contribution in [0.1, 0.15) is 22.8 Å². The minimum absolute atomic E-state index is 0.101. The molecule has 0 saturated heterocycles. The van der Waals surface area contributed by atoms with Crippen LogP contribution in [0, 0.1) is 0 Å². The fraction of sp³-hybridized carbons (Fsp3) is 0.167. The van der Waals surface area contributed by atoms with Crippen molar-refractivity contribution in [2.45, 2.75) is 6.92 Å². The van der Waals surface area contributed by atoms with Gasteiger partial charge >= 0.3 is 0 Å². The van der Waals surface area contributed by atoms with Crippen LogP contribution < -0.4 is 11.3 Å². The number of amides is 1. The first-order chi connectivity index (χ1) is 8.13. The molecule has 0 heterocycles. The molecular formula is C12H14N2O2S. The molecule has 0 saturated carbocycles. The Bertz CT molecular complexity index is 427. The monoisotopic (exact) mass is 250 g/mol. The molecule has 4 nitrogen and oxygen atoms in total. The molecule has 0 aliphatic carbocycles. The normalized spacial score (nSPS) is 10.5. The number of carbonyl (C=O) groups is 2. The number of nitrogens with one attached hydrogen (secondary N) is 1. The van der Waals surface area contributed by atoms with Crippen LogP contribution in [0.25, 0.3) is 6.08 Å². The van der Waals surface area contributed by atoms with Gasteiger partial charge in [-0.05, 0) is 17.7 Å². The van der Waals surface area contributed by atoms with Crippen molar-refractivity contribution in [3.8, 4) is 0 Å². The topological polar surface area (TPSA) is 72.2 Å². The summed E-state index contributed by atoms with van der Waals surface area (Å²) in [5, 5.41) is 0.101. The van der Waals surface area contributed by atoms with Crippen molar-refractivity contribution in [3.05, 3.63) is 41.5 Å². The first-order valence-corrected chi connectivity index (χ1v) is 6.03. The first kappa shape index (κ1) is 13.5. The maximum absolute atomic E-state index is 11.2. The summed E-state index contributed by atoms with van der Waals surface area (Å²) in [7, 11) is 0. The quantitative estimate of drug-likeness (QED) is 0.483. The van der Waals surface area contributed by atoms with Gasteiger partial charge in [0.1, 0.15) is 0 Å². The third-order valence-electron chi connectivity index (χ3n) is 2.00. The van der Waals surface area contributed by atoms with Gasteiger partial charge in [0.05, 0.1) is 0 Å². The molecule has 0 aromatic heterocycles. The Labute approximate surface area is 104 Å². The zero-order chi connectivity index (χ0) is 12.7. The zero-order valence-corrected chi connectivity index (χ0v) is 10.3. The Morgan fingerprint density at radius 1 is 1.35 bits per heavy atom. The number of benzene rings is 1. The van der Waals surface area contributed by atoms with E-state index in [2.05, 4.69) is 5.43 Å². The molecule has 0 bridgehead atoms. The molecule has 0 unspecified atom stereocenters. The van der Waals surface area contributed by atoms with Gasteiger partial charge in [0, 0.05) is 18.2 Å². The number of nitrogen functional groups attached to an aromatic ring is 1. The average molecular weight is 250 g/mol. The molecule has 0 aliphatic rings. The smallest absolute Gasteiger partial charge is 0.265 e. The van der Waals surface area contributed by atoms with Crippen LogP contribution in [0.3, 0.4) is 0 Å². The molecule has 0 spiro atoms. The van der Waals surface area contributed by atoms with E-state index < -0.39 is 0 Å². The summed E-state index contributed by atoms with van der Waals surface area (Å²) in [5.41, 5.74) is 3.56. The van der Waals surface area contributed by atoms with Crippen molar-refractivity contribution in [2.75, 3.05) is 5.75 Å². The van der Waals surface area contributed by atoms with Crippen molar-refractivity contribution in [1.29, 1.82) is 0 Å². The molecule has 1 rings (SSSR count). The Morgan fingerprint density at radius 3 is 2.53 bits per heavy atom. The number of hydrogen-bond donors (Lipinski definition) is 2. The lowest BCUT2D eigenvalue weighted by atomic mass is 10.1. The van der Waals surface area contributed by atoms with E-state index in [1.54, 1.807) is 19.1 Å². The summed E-state index contributed by atoms with van der Waals surface area (Å²) < 4.78 is 0. The highest BCUT2D eigenvalue weighted by Crippen LogP contribution is 2.08. The minimum Gasteiger partial charge on any atom is -0.290 e. The van der Waals surface area contributed by atoms with Crippen molar-refractivity contribution in [1.82, 2.24) is 5.43 Å². The van der Waals surface area contributed by atoms with Gasteiger partial charge in [-0.15, -0.1) is 0 Å². The summed E-state index contributed by atoms with van der Waals surface area (Å²) in [6, 6.07) is 7.03. The Kier molecular flexibility index (Phi) is 5.45. The second-order valence-corrected chi connectivity index (χ2v) is 4.50. The lowest BCUT2D eigenvalue weighted by Crippen LogP contribution is -2.29. The summed E-state index contributed by atoms with van der Waals surface area (Å²) in [4.78, 5) is 21.8. The highest BCUT2D eigenvalue weighted by Gasteiger charge is 2.01. The summed E-state index contributed by atoms with van der Waals surface area (Å²) in [5.74, 6) is 5.36. The molecule has 3 N–H and O–H groups in total. The summed E-state index contributed by atoms with van der Waals surface area (Å²) in [6.45, 7) is 1.54. The number of rotatable bonds is 4. The predicted octanol–water partition coefficient (Wildman–Crippen LogP) is 1.58. The minimum atomic E-state index is -0.312. The van der Waals surface area contributed by atoms with E-state index in [-0.39, 0.29) is 11.0 Å². The van der Waals surface area contributed by atoms with Gasteiger partial charge in [-0.2, -0.15) is 0 Å². The molecule has 0 atom stereocenters. The Balaban J connectivity index is 2.56. The van der Waals surface area contributed by atoms with E-state index >= 15 is 0 Å². The lowest BCUT2D eigenvalue weighted by molar-refractivity contribution is -0.109. The van der Waals surface area contributed by atoms with Crippen molar-refractivity contribution in [3.63, 3.8) is 0 Å². The average Bonchev–Trinajstić information content (AvgIpc) is 2.34. The SMILES string of the molecule is CC(=O)SCC=Cc1ccc(C(=O)NN)cc1. The second-order valence-electron chi connectivity index (χ2n) is 3.30. The number of nitrogens with two attached hydrogens (primary N) is 1. The molecule has 0 radical (unpaired) electrons. The summed E-state index contributed by atoms with van der Waals surface area (Å²) in [6.07, 6.45) is 3.81. The van der Waals surface area contributed by atoms with E-state index in [0.29, 0.717) is 11.3 Å². The summed E-state index contributed by atoms with van der Waals surface area (Å²) >= 11 is 1.26. The van der Waals surface area contributed by atoms with Gasteiger partial charge in [-0.3, -0.25) is 15.0 Å². The number of hydrogen-bond acceptors (Lipinski definition) is 4. The van der Waals surface area contributed by atoms with Crippen LogP contribution in [-0.4, -0.2) is 16.8 Å². The molecule has 1 aromatic carbocycles. The van der Waals surface area contributed by atoms with Gasteiger partial charge in [0.15, 0.2) is 5.12 Å². The van der Waals surface area contributed by atoms with Crippen molar-refractivity contribution >= 4 is 28.9 Å². The molecular weight excluding hydrogens is 236 g/mol. The third kappa shape index (κ3) is 4.84. The van der Waals surface area contributed by atoms with Crippen LogP contribution in [0.5, 0.6) is 0 Å². The fourth-order valence-electron chi connectivity index (χ4n) is 1.18. The van der Waals surface area contributed by atoms with E-state index in [1.807, 2.05) is 24.3 Å². The number of carbonyl (C=O) groups excluding carboxylic acids is 2. The molecule has 1 amide bonds. The number of thioether (sulfide) groups is 1. The molecule has 1 aromatic rings. The van der Waals surface area contributed by atoms with Crippen LogP contribution in [0.15, 0.2) is 30.3 Å². The fourth-order valence-corrected chi connectivity index (χ4v) is 1.61. The van der Waals surface area contributed by atoms with Gasteiger partial charge < -0.3 is 0 Å². The maximum Gasteiger partial charge on any atom is 0.265 e. The van der Waals surface area contributed by atoms with Crippen LogP contribution in [0.4, 0.5) is 0 Å². The third-order valence-corrected chi connectivity index (χ3v) is 2.76. The van der Waals surface area contributed by atoms with Gasteiger partial charge in [-0.25, -0.2) is 5.84 Å². The number of hydrazine groups is 1. The van der Waals surface area contributed by atoms with Crippen molar-refractivity contribution < 1.29 is 9.59 Å². The predicted molar refractivity (Wildman–Crippen MR) is 70.3 cm³/mol. The van der Waals surface area contributed by atoms with Crippen molar-refractivity contribution in [2.24, 2.45) is 5.84 Å². The van der Waals surface area contributed by atoms with Crippen LogP contribution in [0.2, 0.25) is 0 Å². The standard InChI is InChI=1S/C12H14N2O2S/c1-9(15)17-8-2-3-10-4-6-11(7-5-10)12(16)14-13/h2-7H,8,13H2,1H3,(H,14,16). The first-order valence-electron chi connectivity index (χ1n) is 5.04. The maximum atomic E-state index is 11.2. The van der Waals surface area contributed by atoms with E-state index in [1.165, 1.54) is 11.8 Å². The Morgan fingerprint density at radius 2 is 2.00 bits per heavy atom. The molecule has 0 aliphatic heterocycles. The highest BCUT2D eigenvalue weighted by molar-refractivity contribution is 8.13. The van der Waals surface area contributed by atoms with Crippen LogP contribution in [-0.2, 0) is 4.79 Å². The Hall–Kier alpha value is -1.59. The van der Waals surface area contributed by atoms with E-state index in [0.717, 1.165) is 5.56 Å². The van der Waals surface area contributed by atoms with Crippen LogP contribution >= 0.6 is 11.8 Å². The molecule has 5 heteroatoms. The second kappa shape index (κ2) is 6.88. The van der Waals surface area contributed by atoms with Gasteiger partial charge in [-0.1, -0.05) is 36.0 Å². The molecule has 0 fully saturated rings. The molecule has 90 valence electrons. The molecule has 17 heavy (non-hydrogen) atoms. The van der Waals surface area contributed by atoms with Gasteiger partial charge in [0.2, 0.25) is 0 Å².